The molecule has 0 radical (unpaired) electrons. The summed E-state index contributed by atoms with van der Waals surface area (Å²) in [6.07, 6.45) is 9.83. The third-order valence-corrected chi connectivity index (χ3v) is 4.98. The molecular weight excluding hydrogens is 316 g/mol. The SMILES string of the molecule is CC1CCCC(=NNC(=O)CCCC(=O)NN=C2CCCC(C)C2)C1. The first-order chi connectivity index (χ1) is 12.0. The van der Waals surface area contributed by atoms with Gasteiger partial charge in [-0.3, -0.25) is 9.59 Å². The predicted octanol–water partition coefficient (Wildman–Crippen LogP) is 3.52. The average Bonchev–Trinajstić information content (AvgIpc) is 2.58. The summed E-state index contributed by atoms with van der Waals surface area (Å²) in [4.78, 5) is 23.6. The molecule has 0 aliphatic heterocycles. The Morgan fingerprint density at radius 2 is 1.32 bits per heavy atom. The van der Waals surface area contributed by atoms with Crippen LogP contribution in [0, 0.1) is 11.8 Å². The number of hydrazone groups is 2. The van der Waals surface area contributed by atoms with Gasteiger partial charge < -0.3 is 0 Å². The highest BCUT2D eigenvalue weighted by Crippen LogP contribution is 2.21. The zero-order valence-corrected chi connectivity index (χ0v) is 15.6. The van der Waals surface area contributed by atoms with E-state index in [0.717, 1.165) is 49.9 Å². The summed E-state index contributed by atoms with van der Waals surface area (Å²) < 4.78 is 0. The van der Waals surface area contributed by atoms with Gasteiger partial charge in [-0.05, 0) is 69.6 Å². The normalized spacial score (nSPS) is 27.3. The summed E-state index contributed by atoms with van der Waals surface area (Å²) in [6, 6.07) is 0. The third kappa shape index (κ3) is 7.80. The summed E-state index contributed by atoms with van der Waals surface area (Å²) in [6.45, 7) is 4.43. The van der Waals surface area contributed by atoms with E-state index in [4.69, 9.17) is 0 Å². The lowest BCUT2D eigenvalue weighted by Crippen LogP contribution is -2.24. The van der Waals surface area contributed by atoms with Crippen molar-refractivity contribution in [1.29, 1.82) is 0 Å². The van der Waals surface area contributed by atoms with E-state index in [1.165, 1.54) is 12.8 Å². The molecule has 2 saturated carbocycles. The second kappa shape index (κ2) is 10.3. The van der Waals surface area contributed by atoms with Crippen LogP contribution in [0.15, 0.2) is 10.2 Å². The summed E-state index contributed by atoms with van der Waals surface area (Å²) in [5.41, 5.74) is 7.42. The van der Waals surface area contributed by atoms with Gasteiger partial charge in [0.2, 0.25) is 11.8 Å². The molecule has 0 spiro atoms. The Bertz CT molecular complexity index is 482. The predicted molar refractivity (Wildman–Crippen MR) is 100 cm³/mol. The summed E-state index contributed by atoms with van der Waals surface area (Å²) >= 11 is 0. The van der Waals surface area contributed by atoms with Crippen molar-refractivity contribution in [2.24, 2.45) is 22.0 Å². The van der Waals surface area contributed by atoms with Crippen molar-refractivity contribution < 1.29 is 9.59 Å². The number of hydrogen-bond donors (Lipinski definition) is 2. The second-order valence-corrected chi connectivity index (χ2v) is 7.68. The summed E-state index contributed by atoms with van der Waals surface area (Å²) in [7, 11) is 0. The summed E-state index contributed by atoms with van der Waals surface area (Å²) in [5, 5.41) is 8.46. The van der Waals surface area contributed by atoms with E-state index in [0.29, 0.717) is 31.1 Å². The third-order valence-electron chi connectivity index (χ3n) is 4.98. The van der Waals surface area contributed by atoms with Gasteiger partial charge in [0, 0.05) is 24.3 Å². The molecule has 2 aliphatic rings. The van der Waals surface area contributed by atoms with Crippen molar-refractivity contribution in [2.45, 2.75) is 84.5 Å². The first-order valence-corrected chi connectivity index (χ1v) is 9.71. The standard InChI is InChI=1S/C19H32N4O2/c1-14-6-3-8-16(12-14)20-22-18(24)10-5-11-19(25)23-21-17-9-4-7-15(2)13-17/h14-15H,3-13H2,1-2H3,(H,22,24)(H,23,25). The molecule has 0 saturated heterocycles. The molecule has 0 aromatic rings. The largest absolute Gasteiger partial charge is 0.273 e. The highest BCUT2D eigenvalue weighted by Gasteiger charge is 2.15. The van der Waals surface area contributed by atoms with Gasteiger partial charge >= 0.3 is 0 Å². The highest BCUT2D eigenvalue weighted by atomic mass is 16.2. The maximum absolute atomic E-state index is 11.8. The Morgan fingerprint density at radius 3 is 1.72 bits per heavy atom. The van der Waals surface area contributed by atoms with Crippen molar-refractivity contribution in [3.8, 4) is 0 Å². The summed E-state index contributed by atoms with van der Waals surface area (Å²) in [5.74, 6) is 1.07. The molecule has 2 N–H and O–H groups in total. The Labute approximate surface area is 150 Å². The Kier molecular flexibility index (Phi) is 8.09. The number of carbonyl (C=O) groups is 2. The van der Waals surface area contributed by atoms with E-state index in [2.05, 4.69) is 34.9 Å². The molecule has 2 fully saturated rings. The number of rotatable bonds is 6. The quantitative estimate of drug-likeness (QED) is 0.720. The molecule has 25 heavy (non-hydrogen) atoms. The molecule has 2 amide bonds. The molecular formula is C19H32N4O2. The van der Waals surface area contributed by atoms with Gasteiger partial charge in [-0.15, -0.1) is 0 Å². The van der Waals surface area contributed by atoms with Gasteiger partial charge in [0.25, 0.3) is 0 Å². The Balaban J connectivity index is 1.59. The monoisotopic (exact) mass is 348 g/mol. The van der Waals surface area contributed by atoms with Crippen molar-refractivity contribution >= 4 is 23.2 Å². The lowest BCUT2D eigenvalue weighted by molar-refractivity contribution is -0.122. The molecule has 6 nitrogen and oxygen atoms in total. The van der Waals surface area contributed by atoms with Crippen LogP contribution < -0.4 is 10.9 Å². The van der Waals surface area contributed by atoms with Crippen LogP contribution in [-0.4, -0.2) is 23.2 Å². The lowest BCUT2D eigenvalue weighted by Gasteiger charge is -2.19. The minimum absolute atomic E-state index is 0.119. The van der Waals surface area contributed by atoms with Crippen LogP contribution in [0.2, 0.25) is 0 Å². The van der Waals surface area contributed by atoms with E-state index >= 15 is 0 Å². The van der Waals surface area contributed by atoms with Crippen molar-refractivity contribution in [2.75, 3.05) is 0 Å². The molecule has 0 aromatic carbocycles. The second-order valence-electron chi connectivity index (χ2n) is 7.68. The smallest absolute Gasteiger partial charge is 0.240 e. The maximum Gasteiger partial charge on any atom is 0.240 e. The van der Waals surface area contributed by atoms with Gasteiger partial charge in [0.15, 0.2) is 0 Å². The van der Waals surface area contributed by atoms with E-state index < -0.39 is 0 Å². The van der Waals surface area contributed by atoms with Crippen LogP contribution in [0.5, 0.6) is 0 Å². The molecule has 2 rings (SSSR count). The van der Waals surface area contributed by atoms with E-state index in [1.54, 1.807) is 0 Å². The Morgan fingerprint density at radius 1 is 0.880 bits per heavy atom. The van der Waals surface area contributed by atoms with Crippen LogP contribution in [0.4, 0.5) is 0 Å². The van der Waals surface area contributed by atoms with Crippen LogP contribution in [0.25, 0.3) is 0 Å². The number of nitrogens with zero attached hydrogens (tertiary/aromatic N) is 2. The topological polar surface area (TPSA) is 82.9 Å². The Hall–Kier alpha value is -1.72. The van der Waals surface area contributed by atoms with Crippen LogP contribution in [0.3, 0.4) is 0 Å². The first-order valence-electron chi connectivity index (χ1n) is 9.71. The van der Waals surface area contributed by atoms with Gasteiger partial charge in [0.1, 0.15) is 0 Å². The van der Waals surface area contributed by atoms with Gasteiger partial charge in [0.05, 0.1) is 0 Å². The molecule has 0 heterocycles. The minimum atomic E-state index is -0.119. The fourth-order valence-electron chi connectivity index (χ4n) is 3.53. The molecule has 2 unspecified atom stereocenters. The highest BCUT2D eigenvalue weighted by molar-refractivity contribution is 5.88. The number of nitrogens with one attached hydrogen (secondary N) is 2. The molecule has 6 heteroatoms. The van der Waals surface area contributed by atoms with Crippen molar-refractivity contribution in [3.05, 3.63) is 0 Å². The number of carbonyl (C=O) groups excluding carboxylic acids is 2. The van der Waals surface area contributed by atoms with Gasteiger partial charge in [-0.2, -0.15) is 10.2 Å². The van der Waals surface area contributed by atoms with E-state index in [-0.39, 0.29) is 11.8 Å². The fraction of sp³-hybridized carbons (Fsp3) is 0.789. The first kappa shape index (κ1) is 19.6. The number of hydrogen-bond acceptors (Lipinski definition) is 4. The van der Waals surface area contributed by atoms with Crippen molar-refractivity contribution in [3.63, 3.8) is 0 Å². The molecule has 0 aromatic heterocycles. The van der Waals surface area contributed by atoms with Gasteiger partial charge in [-0.25, -0.2) is 10.9 Å². The lowest BCUT2D eigenvalue weighted by atomic mass is 9.89. The van der Waals surface area contributed by atoms with E-state index in [1.807, 2.05) is 0 Å². The molecule has 140 valence electrons. The maximum atomic E-state index is 11.8. The fourth-order valence-corrected chi connectivity index (χ4v) is 3.53. The van der Waals surface area contributed by atoms with Crippen LogP contribution >= 0.6 is 0 Å². The zero-order chi connectivity index (χ0) is 18.1. The molecule has 2 aliphatic carbocycles. The zero-order valence-electron chi connectivity index (χ0n) is 15.6. The number of amides is 2. The van der Waals surface area contributed by atoms with Crippen molar-refractivity contribution in [1.82, 2.24) is 10.9 Å². The van der Waals surface area contributed by atoms with Crippen LogP contribution in [-0.2, 0) is 9.59 Å². The molecule has 0 bridgehead atoms. The molecule has 2 atom stereocenters. The average molecular weight is 348 g/mol. The van der Waals surface area contributed by atoms with Gasteiger partial charge in [-0.1, -0.05) is 13.8 Å². The van der Waals surface area contributed by atoms with Crippen LogP contribution in [0.1, 0.15) is 84.5 Å². The minimum Gasteiger partial charge on any atom is -0.273 e. The van der Waals surface area contributed by atoms with E-state index in [9.17, 15) is 9.59 Å².